The normalized spacial score (nSPS) is 34.9. The number of rotatable bonds is 1. The number of ether oxygens (including phenoxy) is 1. The Labute approximate surface area is 91.6 Å². The first kappa shape index (κ1) is 12.2. The second-order valence-electron chi connectivity index (χ2n) is 4.13. The van der Waals surface area contributed by atoms with Gasteiger partial charge in [0.25, 0.3) is 0 Å². The third kappa shape index (κ3) is 2.83. The van der Waals surface area contributed by atoms with E-state index in [0.717, 1.165) is 45.4 Å². The van der Waals surface area contributed by atoms with Crippen LogP contribution in [-0.4, -0.2) is 37.0 Å². The van der Waals surface area contributed by atoms with Gasteiger partial charge in [-0.15, -0.1) is 12.4 Å². The Hall–Kier alpha value is 0.170. The molecule has 0 aromatic heterocycles. The van der Waals surface area contributed by atoms with Gasteiger partial charge in [0.1, 0.15) is 0 Å². The number of nitrogens with one attached hydrogen (secondary N) is 1. The molecule has 2 heterocycles. The largest absolute Gasteiger partial charge is 0.390 e. The van der Waals surface area contributed by atoms with Crippen molar-refractivity contribution in [1.29, 1.82) is 0 Å². The monoisotopic (exact) mass is 221 g/mol. The Morgan fingerprint density at radius 1 is 1.14 bits per heavy atom. The lowest BCUT2D eigenvalue weighted by atomic mass is 9.86. The molecule has 0 aromatic carbocycles. The highest BCUT2D eigenvalue weighted by Crippen LogP contribution is 2.26. The summed E-state index contributed by atoms with van der Waals surface area (Å²) in [5, 5.41) is 13.1. The Kier molecular flexibility index (Phi) is 5.17. The summed E-state index contributed by atoms with van der Waals surface area (Å²) in [5.41, 5.74) is 0. The van der Waals surface area contributed by atoms with Gasteiger partial charge in [-0.1, -0.05) is 0 Å². The summed E-state index contributed by atoms with van der Waals surface area (Å²) in [6, 6.07) is 0. The Morgan fingerprint density at radius 3 is 2.50 bits per heavy atom. The Morgan fingerprint density at radius 2 is 1.86 bits per heavy atom. The van der Waals surface area contributed by atoms with Gasteiger partial charge < -0.3 is 15.2 Å². The maximum atomic E-state index is 9.78. The van der Waals surface area contributed by atoms with E-state index in [1.165, 1.54) is 0 Å². The minimum absolute atomic E-state index is 0. The number of aliphatic hydroxyl groups excluding tert-OH is 1. The van der Waals surface area contributed by atoms with Crippen molar-refractivity contribution in [3.63, 3.8) is 0 Å². The van der Waals surface area contributed by atoms with Gasteiger partial charge in [-0.25, -0.2) is 0 Å². The third-order valence-electron chi connectivity index (χ3n) is 3.18. The van der Waals surface area contributed by atoms with Crippen molar-refractivity contribution >= 4 is 12.4 Å². The zero-order valence-electron chi connectivity index (χ0n) is 8.45. The zero-order chi connectivity index (χ0) is 9.10. The fourth-order valence-corrected chi connectivity index (χ4v) is 2.41. The molecule has 2 fully saturated rings. The molecule has 0 bridgehead atoms. The van der Waals surface area contributed by atoms with Crippen LogP contribution in [0.3, 0.4) is 0 Å². The van der Waals surface area contributed by atoms with Crippen molar-refractivity contribution < 1.29 is 9.84 Å². The average Bonchev–Trinajstić information content (AvgIpc) is 2.20. The molecule has 2 aliphatic heterocycles. The summed E-state index contributed by atoms with van der Waals surface area (Å²) in [6.07, 6.45) is 4.16. The first-order chi connectivity index (χ1) is 6.38. The van der Waals surface area contributed by atoms with Crippen LogP contribution in [0.4, 0.5) is 0 Å². The molecule has 2 unspecified atom stereocenters. The van der Waals surface area contributed by atoms with Gasteiger partial charge in [-0.3, -0.25) is 0 Å². The van der Waals surface area contributed by atoms with E-state index < -0.39 is 0 Å². The van der Waals surface area contributed by atoms with Gasteiger partial charge in [0.05, 0.1) is 12.2 Å². The minimum atomic E-state index is -0.211. The smallest absolute Gasteiger partial charge is 0.0862 e. The van der Waals surface area contributed by atoms with Crippen LogP contribution in [0.15, 0.2) is 0 Å². The van der Waals surface area contributed by atoms with E-state index in [2.05, 4.69) is 5.32 Å². The van der Waals surface area contributed by atoms with Gasteiger partial charge >= 0.3 is 0 Å². The lowest BCUT2D eigenvalue weighted by Crippen LogP contribution is -2.44. The van der Waals surface area contributed by atoms with Crippen molar-refractivity contribution in [3.8, 4) is 0 Å². The molecule has 2 saturated heterocycles. The highest BCUT2D eigenvalue weighted by atomic mass is 35.5. The SMILES string of the molecule is Cl.OC1CCCOC1C1CCNCC1. The highest BCUT2D eigenvalue weighted by molar-refractivity contribution is 5.85. The van der Waals surface area contributed by atoms with E-state index in [-0.39, 0.29) is 24.6 Å². The predicted octanol–water partition coefficient (Wildman–Crippen LogP) is 0.948. The molecule has 0 aliphatic carbocycles. The van der Waals surface area contributed by atoms with E-state index >= 15 is 0 Å². The number of hydrogen-bond donors (Lipinski definition) is 2. The molecule has 0 saturated carbocycles. The molecule has 2 aliphatic rings. The summed E-state index contributed by atoms with van der Waals surface area (Å²) in [6.45, 7) is 3.00. The Balaban J connectivity index is 0.000000980. The highest BCUT2D eigenvalue weighted by Gasteiger charge is 2.32. The van der Waals surface area contributed by atoms with E-state index in [1.54, 1.807) is 0 Å². The van der Waals surface area contributed by atoms with Crippen LogP contribution >= 0.6 is 12.4 Å². The fourth-order valence-electron chi connectivity index (χ4n) is 2.41. The molecule has 0 radical (unpaired) electrons. The fraction of sp³-hybridized carbons (Fsp3) is 1.00. The molecule has 2 N–H and O–H groups in total. The van der Waals surface area contributed by atoms with Crippen LogP contribution in [0.25, 0.3) is 0 Å². The van der Waals surface area contributed by atoms with Crippen LogP contribution in [-0.2, 0) is 4.74 Å². The van der Waals surface area contributed by atoms with Crippen molar-refractivity contribution in [2.45, 2.75) is 37.9 Å². The van der Waals surface area contributed by atoms with Gasteiger partial charge in [0.15, 0.2) is 0 Å². The summed E-state index contributed by atoms with van der Waals surface area (Å²) in [4.78, 5) is 0. The van der Waals surface area contributed by atoms with Crippen molar-refractivity contribution in [1.82, 2.24) is 5.32 Å². The van der Waals surface area contributed by atoms with Crippen molar-refractivity contribution in [2.24, 2.45) is 5.92 Å². The predicted molar refractivity (Wildman–Crippen MR) is 57.8 cm³/mol. The maximum Gasteiger partial charge on any atom is 0.0862 e. The van der Waals surface area contributed by atoms with Gasteiger partial charge in [-0.05, 0) is 44.7 Å². The molecule has 0 spiro atoms. The topological polar surface area (TPSA) is 41.5 Å². The first-order valence-corrected chi connectivity index (χ1v) is 5.38. The molecular weight excluding hydrogens is 202 g/mol. The number of piperidine rings is 1. The zero-order valence-corrected chi connectivity index (χ0v) is 9.26. The maximum absolute atomic E-state index is 9.78. The van der Waals surface area contributed by atoms with Crippen molar-refractivity contribution in [3.05, 3.63) is 0 Å². The second-order valence-corrected chi connectivity index (χ2v) is 4.13. The van der Waals surface area contributed by atoms with Gasteiger partial charge in [-0.2, -0.15) is 0 Å². The van der Waals surface area contributed by atoms with E-state index in [1.807, 2.05) is 0 Å². The second kappa shape index (κ2) is 5.91. The standard InChI is InChI=1S/C10H19NO2.ClH/c12-9-2-1-7-13-10(9)8-3-5-11-6-4-8;/h8-12H,1-7H2;1H. The summed E-state index contributed by atoms with van der Waals surface area (Å²) in [5.74, 6) is 0.580. The number of hydrogen-bond acceptors (Lipinski definition) is 3. The molecule has 3 nitrogen and oxygen atoms in total. The lowest BCUT2D eigenvalue weighted by Gasteiger charge is -2.36. The average molecular weight is 222 g/mol. The van der Waals surface area contributed by atoms with Crippen LogP contribution in [0.1, 0.15) is 25.7 Å². The van der Waals surface area contributed by atoms with E-state index in [9.17, 15) is 5.11 Å². The van der Waals surface area contributed by atoms with Crippen LogP contribution in [0.5, 0.6) is 0 Å². The molecule has 2 rings (SSSR count). The summed E-state index contributed by atoms with van der Waals surface area (Å²) < 4.78 is 5.65. The molecule has 0 amide bonds. The first-order valence-electron chi connectivity index (χ1n) is 5.38. The molecule has 84 valence electrons. The lowest BCUT2D eigenvalue weighted by molar-refractivity contribution is -0.106. The van der Waals surface area contributed by atoms with Gasteiger partial charge in [0.2, 0.25) is 0 Å². The van der Waals surface area contributed by atoms with Gasteiger partial charge in [0, 0.05) is 6.61 Å². The quantitative estimate of drug-likeness (QED) is 0.693. The molecule has 2 atom stereocenters. The third-order valence-corrected chi connectivity index (χ3v) is 3.18. The molecule has 0 aromatic rings. The van der Waals surface area contributed by atoms with E-state index in [4.69, 9.17) is 4.74 Å². The number of halogens is 1. The minimum Gasteiger partial charge on any atom is -0.390 e. The van der Waals surface area contributed by atoms with E-state index in [0.29, 0.717) is 5.92 Å². The number of aliphatic hydroxyl groups is 1. The van der Waals surface area contributed by atoms with Crippen LogP contribution in [0, 0.1) is 5.92 Å². The summed E-state index contributed by atoms with van der Waals surface area (Å²) in [7, 11) is 0. The van der Waals surface area contributed by atoms with Crippen molar-refractivity contribution in [2.75, 3.05) is 19.7 Å². The molecule has 4 heteroatoms. The Bertz CT molecular complexity index is 162. The summed E-state index contributed by atoms with van der Waals surface area (Å²) >= 11 is 0. The molecule has 14 heavy (non-hydrogen) atoms. The van der Waals surface area contributed by atoms with Crippen LogP contribution < -0.4 is 5.32 Å². The molecular formula is C10H20ClNO2. The van der Waals surface area contributed by atoms with Crippen LogP contribution in [0.2, 0.25) is 0 Å².